The van der Waals surface area contributed by atoms with Gasteiger partial charge in [-0.2, -0.15) is 0 Å². The second-order valence-electron chi connectivity index (χ2n) is 8.03. The molecule has 0 spiro atoms. The van der Waals surface area contributed by atoms with Gasteiger partial charge >= 0.3 is 5.97 Å². The first kappa shape index (κ1) is 24.1. The number of allylic oxidation sites excluding steroid dienone is 1. The zero-order valence-corrected chi connectivity index (χ0v) is 21.4. The molecule has 2 aromatic carbocycles. The summed E-state index contributed by atoms with van der Waals surface area (Å²) in [5.41, 5.74) is 1.89. The van der Waals surface area contributed by atoms with Crippen molar-refractivity contribution in [2.24, 2.45) is 4.99 Å². The van der Waals surface area contributed by atoms with Gasteiger partial charge in [0.1, 0.15) is 5.75 Å². The van der Waals surface area contributed by atoms with Crippen molar-refractivity contribution in [3.8, 4) is 17.2 Å². The Morgan fingerprint density at radius 3 is 2.61 bits per heavy atom. The summed E-state index contributed by atoms with van der Waals surface area (Å²) in [7, 11) is 0. The summed E-state index contributed by atoms with van der Waals surface area (Å²) in [5, 5.41) is 0.427. The van der Waals surface area contributed by atoms with Crippen molar-refractivity contribution in [3.63, 3.8) is 0 Å². The van der Waals surface area contributed by atoms with Gasteiger partial charge in [-0.15, -0.1) is 0 Å². The molecule has 1 atom stereocenters. The molecule has 2 aliphatic rings. The van der Waals surface area contributed by atoms with E-state index in [1.165, 1.54) is 15.9 Å². The quantitative estimate of drug-likeness (QED) is 0.456. The van der Waals surface area contributed by atoms with Crippen LogP contribution in [0.5, 0.6) is 17.2 Å². The van der Waals surface area contributed by atoms with Gasteiger partial charge in [0.15, 0.2) is 16.3 Å². The third kappa shape index (κ3) is 4.29. The molecule has 0 N–H and O–H groups in total. The minimum Gasteiger partial charge on any atom is -0.494 e. The van der Waals surface area contributed by atoms with E-state index in [1.54, 1.807) is 32.1 Å². The van der Waals surface area contributed by atoms with Gasteiger partial charge in [-0.3, -0.25) is 9.36 Å². The molecular weight excluding hydrogens is 504 g/mol. The fourth-order valence-corrected chi connectivity index (χ4v) is 5.45. The molecule has 0 unspecified atom stereocenters. The Hall–Kier alpha value is -3.56. The number of thiazole rings is 1. The van der Waals surface area contributed by atoms with Crippen molar-refractivity contribution in [3.05, 3.63) is 83.5 Å². The topological polar surface area (TPSA) is 88.4 Å². The average molecular weight is 527 g/mol. The van der Waals surface area contributed by atoms with Crippen LogP contribution in [-0.2, 0) is 9.53 Å². The molecule has 0 saturated carbocycles. The van der Waals surface area contributed by atoms with Gasteiger partial charge in [0.25, 0.3) is 5.56 Å². The van der Waals surface area contributed by atoms with Crippen LogP contribution in [0.15, 0.2) is 57.5 Å². The number of nitrogens with zero attached hydrogens (tertiary/aromatic N) is 2. The van der Waals surface area contributed by atoms with E-state index in [-0.39, 0.29) is 19.0 Å². The molecule has 10 heteroatoms. The van der Waals surface area contributed by atoms with E-state index in [2.05, 4.69) is 4.99 Å². The van der Waals surface area contributed by atoms with Crippen molar-refractivity contribution >= 4 is 35.0 Å². The fourth-order valence-electron chi connectivity index (χ4n) is 4.20. The molecule has 8 nitrogen and oxygen atoms in total. The first-order valence-electron chi connectivity index (χ1n) is 11.4. The van der Waals surface area contributed by atoms with E-state index < -0.39 is 12.0 Å². The molecule has 0 amide bonds. The number of ether oxygens (including phenoxy) is 4. The number of hydrogen-bond acceptors (Lipinski definition) is 8. The van der Waals surface area contributed by atoms with E-state index in [0.29, 0.717) is 55.0 Å². The number of carbonyl (C=O) groups excluding carboxylic acids is 1. The van der Waals surface area contributed by atoms with Crippen molar-refractivity contribution < 1.29 is 23.7 Å². The monoisotopic (exact) mass is 526 g/mol. The van der Waals surface area contributed by atoms with Gasteiger partial charge < -0.3 is 18.9 Å². The van der Waals surface area contributed by atoms with Crippen LogP contribution in [0.1, 0.15) is 37.9 Å². The van der Waals surface area contributed by atoms with Crippen LogP contribution >= 0.6 is 22.9 Å². The molecule has 5 rings (SSSR count). The molecule has 1 aromatic heterocycles. The lowest BCUT2D eigenvalue weighted by molar-refractivity contribution is -0.139. The molecule has 3 aromatic rings. The first-order valence-corrected chi connectivity index (χ1v) is 12.6. The molecule has 0 saturated heterocycles. The number of benzene rings is 2. The molecule has 36 heavy (non-hydrogen) atoms. The Labute approximate surface area is 215 Å². The Balaban J connectivity index is 1.68. The number of carbonyl (C=O) groups is 1. The molecular formula is C26H23ClN2O6S. The van der Waals surface area contributed by atoms with Gasteiger partial charge in [0, 0.05) is 6.07 Å². The highest BCUT2D eigenvalue weighted by Gasteiger charge is 2.33. The first-order chi connectivity index (χ1) is 17.4. The maximum Gasteiger partial charge on any atom is 0.338 e. The van der Waals surface area contributed by atoms with Gasteiger partial charge in [-0.05, 0) is 56.2 Å². The minimum absolute atomic E-state index is 0.120. The summed E-state index contributed by atoms with van der Waals surface area (Å²) in [5.74, 6) is 1.31. The molecule has 0 bridgehead atoms. The van der Waals surface area contributed by atoms with E-state index in [1.807, 2.05) is 31.2 Å². The van der Waals surface area contributed by atoms with E-state index >= 15 is 0 Å². The molecule has 186 valence electrons. The molecule has 0 fully saturated rings. The fraction of sp³-hybridized carbons (Fsp3) is 0.269. The van der Waals surface area contributed by atoms with Crippen molar-refractivity contribution in [2.75, 3.05) is 20.0 Å². The standard InChI is InChI=1S/C26H23ClN2O6S/c1-4-32-17-8-6-15(7-9-17)23-22(25(31)33-5-2)14(3)28-26-29(23)24(30)21(36-26)11-16-10-19-20(12-18(16)27)35-13-34-19/h6-12,23H,4-5,13H2,1-3H3/t23-/m1/s1. The lowest BCUT2D eigenvalue weighted by Crippen LogP contribution is -2.39. The Morgan fingerprint density at radius 1 is 1.19 bits per heavy atom. The number of halogens is 1. The largest absolute Gasteiger partial charge is 0.494 e. The lowest BCUT2D eigenvalue weighted by atomic mass is 9.96. The van der Waals surface area contributed by atoms with Crippen LogP contribution in [0.25, 0.3) is 6.08 Å². The van der Waals surface area contributed by atoms with Crippen LogP contribution < -0.4 is 29.1 Å². The second kappa shape index (κ2) is 9.83. The summed E-state index contributed by atoms with van der Waals surface area (Å²) in [6.45, 7) is 6.26. The summed E-state index contributed by atoms with van der Waals surface area (Å²) in [6.07, 6.45) is 1.70. The van der Waals surface area contributed by atoms with Crippen LogP contribution in [0.2, 0.25) is 5.02 Å². The maximum absolute atomic E-state index is 13.7. The Kier molecular flexibility index (Phi) is 6.59. The molecule has 3 heterocycles. The number of fused-ring (bicyclic) bond motifs is 2. The minimum atomic E-state index is -0.703. The maximum atomic E-state index is 13.7. The van der Waals surface area contributed by atoms with Gasteiger partial charge in [0.2, 0.25) is 6.79 Å². The highest BCUT2D eigenvalue weighted by molar-refractivity contribution is 7.07. The number of hydrogen-bond donors (Lipinski definition) is 0. The van der Waals surface area contributed by atoms with Crippen LogP contribution in [0, 0.1) is 0 Å². The molecule has 2 aliphatic heterocycles. The van der Waals surface area contributed by atoms with Gasteiger partial charge in [0.05, 0.1) is 40.1 Å². The van der Waals surface area contributed by atoms with Gasteiger partial charge in [-0.1, -0.05) is 35.1 Å². The zero-order valence-electron chi connectivity index (χ0n) is 19.9. The summed E-state index contributed by atoms with van der Waals surface area (Å²) in [6, 6.07) is 10.0. The predicted molar refractivity (Wildman–Crippen MR) is 136 cm³/mol. The van der Waals surface area contributed by atoms with Gasteiger partial charge in [-0.25, -0.2) is 9.79 Å². The normalized spacial score (nSPS) is 16.6. The SMILES string of the molecule is CCOC(=O)C1=C(C)N=c2sc(=Cc3cc4c(cc3Cl)OCO4)c(=O)n2[C@@H]1c1ccc(OCC)cc1. The average Bonchev–Trinajstić information content (AvgIpc) is 3.43. The second-order valence-corrected chi connectivity index (χ2v) is 9.45. The van der Waals surface area contributed by atoms with E-state index in [4.69, 9.17) is 30.5 Å². The Morgan fingerprint density at radius 2 is 1.92 bits per heavy atom. The van der Waals surface area contributed by atoms with E-state index in [0.717, 1.165) is 5.56 Å². The summed E-state index contributed by atoms with van der Waals surface area (Å²) < 4.78 is 23.7. The van der Waals surface area contributed by atoms with Crippen molar-refractivity contribution in [2.45, 2.75) is 26.8 Å². The highest BCUT2D eigenvalue weighted by Crippen LogP contribution is 2.37. The summed E-state index contributed by atoms with van der Waals surface area (Å²) in [4.78, 5) is 31.8. The zero-order chi connectivity index (χ0) is 25.4. The third-order valence-electron chi connectivity index (χ3n) is 5.80. The van der Waals surface area contributed by atoms with Crippen molar-refractivity contribution in [1.29, 1.82) is 0 Å². The van der Waals surface area contributed by atoms with Crippen LogP contribution in [0.3, 0.4) is 0 Å². The van der Waals surface area contributed by atoms with Crippen molar-refractivity contribution in [1.82, 2.24) is 4.57 Å². The highest BCUT2D eigenvalue weighted by atomic mass is 35.5. The van der Waals surface area contributed by atoms with Crippen LogP contribution in [-0.4, -0.2) is 30.5 Å². The third-order valence-corrected chi connectivity index (χ3v) is 7.11. The van der Waals surface area contributed by atoms with E-state index in [9.17, 15) is 9.59 Å². The summed E-state index contributed by atoms with van der Waals surface area (Å²) >= 11 is 7.67. The van der Waals surface area contributed by atoms with Crippen LogP contribution in [0.4, 0.5) is 0 Å². The number of rotatable bonds is 6. The molecule has 0 aliphatic carbocycles. The predicted octanol–water partition coefficient (Wildman–Crippen LogP) is 3.58. The number of aromatic nitrogens is 1. The lowest BCUT2D eigenvalue weighted by Gasteiger charge is -2.24. The molecule has 0 radical (unpaired) electrons. The number of esters is 1. The smallest absolute Gasteiger partial charge is 0.338 e. The Bertz CT molecular complexity index is 1550.